The number of hydrogen-bond donors (Lipinski definition) is 1. The topological polar surface area (TPSA) is 15.3 Å². The summed E-state index contributed by atoms with van der Waals surface area (Å²) in [4.78, 5) is 2.47. The second kappa shape index (κ2) is 6.58. The van der Waals surface area contributed by atoms with E-state index in [1.807, 2.05) is 7.05 Å². The monoisotopic (exact) mass is 256 g/mol. The van der Waals surface area contributed by atoms with E-state index in [2.05, 4.69) is 66.5 Å². The lowest BCUT2D eigenvalue weighted by Crippen LogP contribution is -2.30. The maximum atomic E-state index is 3.31. The summed E-state index contributed by atoms with van der Waals surface area (Å²) >= 11 is 0. The quantitative estimate of drug-likeness (QED) is 0.848. The molecule has 0 aromatic heterocycles. The molecular weight excluding hydrogens is 232 g/mol. The number of anilines is 1. The van der Waals surface area contributed by atoms with Crippen LogP contribution >= 0.6 is 0 Å². The summed E-state index contributed by atoms with van der Waals surface area (Å²) in [6.45, 7) is 6.60. The van der Waals surface area contributed by atoms with Crippen LogP contribution in [0.1, 0.15) is 20.3 Å². The number of nitrogens with one attached hydrogen (secondary N) is 1. The summed E-state index contributed by atoms with van der Waals surface area (Å²) in [5.41, 5.74) is 1.35. The third kappa shape index (κ3) is 3.27. The third-order valence-corrected chi connectivity index (χ3v) is 3.81. The Bertz CT molecular complexity index is 516. The molecule has 0 saturated heterocycles. The second-order valence-electron chi connectivity index (χ2n) is 5.06. The first-order valence-corrected chi connectivity index (χ1v) is 7.16. The van der Waals surface area contributed by atoms with E-state index in [0.717, 1.165) is 19.5 Å². The Morgan fingerprint density at radius 2 is 1.84 bits per heavy atom. The first-order valence-electron chi connectivity index (χ1n) is 7.16. The highest BCUT2D eigenvalue weighted by Crippen LogP contribution is 2.26. The van der Waals surface area contributed by atoms with Gasteiger partial charge >= 0.3 is 0 Å². The molecule has 2 heteroatoms. The lowest BCUT2D eigenvalue weighted by Gasteiger charge is -2.26. The zero-order valence-electron chi connectivity index (χ0n) is 12.2. The largest absolute Gasteiger partial charge is 0.371 e. The molecule has 0 saturated carbocycles. The molecule has 2 aromatic rings. The Morgan fingerprint density at radius 1 is 1.11 bits per heavy atom. The number of hydrogen-bond acceptors (Lipinski definition) is 2. The van der Waals surface area contributed by atoms with Crippen molar-refractivity contribution in [3.63, 3.8) is 0 Å². The molecule has 0 aliphatic rings. The van der Waals surface area contributed by atoms with Crippen molar-refractivity contribution in [3.05, 3.63) is 42.5 Å². The van der Waals surface area contributed by atoms with E-state index in [4.69, 9.17) is 0 Å². The molecule has 19 heavy (non-hydrogen) atoms. The average molecular weight is 256 g/mol. The van der Waals surface area contributed by atoms with Crippen molar-refractivity contribution in [1.29, 1.82) is 0 Å². The SMILES string of the molecule is CCN(CCC(C)NC)c1cccc2ccccc12. The van der Waals surface area contributed by atoms with Crippen molar-refractivity contribution < 1.29 is 0 Å². The second-order valence-corrected chi connectivity index (χ2v) is 5.06. The van der Waals surface area contributed by atoms with Crippen LogP contribution in [0.25, 0.3) is 10.8 Å². The van der Waals surface area contributed by atoms with Gasteiger partial charge in [0, 0.05) is 30.2 Å². The highest BCUT2D eigenvalue weighted by molar-refractivity contribution is 5.94. The van der Waals surface area contributed by atoms with E-state index in [1.165, 1.54) is 16.5 Å². The summed E-state index contributed by atoms with van der Waals surface area (Å²) in [7, 11) is 2.03. The molecule has 102 valence electrons. The van der Waals surface area contributed by atoms with Crippen LogP contribution in [0.2, 0.25) is 0 Å². The summed E-state index contributed by atoms with van der Waals surface area (Å²) in [6, 6.07) is 15.8. The molecule has 0 radical (unpaired) electrons. The van der Waals surface area contributed by atoms with E-state index in [-0.39, 0.29) is 0 Å². The first kappa shape index (κ1) is 13.9. The molecule has 2 nitrogen and oxygen atoms in total. The Balaban J connectivity index is 2.25. The van der Waals surface area contributed by atoms with Crippen molar-refractivity contribution in [1.82, 2.24) is 5.32 Å². The number of fused-ring (bicyclic) bond motifs is 1. The van der Waals surface area contributed by atoms with E-state index in [9.17, 15) is 0 Å². The lowest BCUT2D eigenvalue weighted by molar-refractivity contribution is 0.559. The minimum Gasteiger partial charge on any atom is -0.371 e. The van der Waals surface area contributed by atoms with Gasteiger partial charge in [0.15, 0.2) is 0 Å². The molecule has 0 aliphatic heterocycles. The van der Waals surface area contributed by atoms with Crippen LogP contribution < -0.4 is 10.2 Å². The van der Waals surface area contributed by atoms with E-state index in [1.54, 1.807) is 0 Å². The van der Waals surface area contributed by atoms with Crippen molar-refractivity contribution in [2.24, 2.45) is 0 Å². The number of nitrogens with zero attached hydrogens (tertiary/aromatic N) is 1. The van der Waals surface area contributed by atoms with E-state index >= 15 is 0 Å². The first-order chi connectivity index (χ1) is 9.26. The Labute approximate surface area is 116 Å². The Hall–Kier alpha value is -1.54. The fraction of sp³-hybridized carbons (Fsp3) is 0.412. The molecule has 0 bridgehead atoms. The molecule has 0 fully saturated rings. The van der Waals surface area contributed by atoms with Crippen molar-refractivity contribution >= 4 is 16.5 Å². The van der Waals surface area contributed by atoms with Crippen molar-refractivity contribution in [3.8, 4) is 0 Å². The van der Waals surface area contributed by atoms with Crippen LogP contribution in [0.3, 0.4) is 0 Å². The van der Waals surface area contributed by atoms with Gasteiger partial charge in [-0.05, 0) is 38.8 Å². The summed E-state index contributed by atoms with van der Waals surface area (Å²) in [5, 5.41) is 5.98. The molecule has 0 aliphatic carbocycles. The summed E-state index contributed by atoms with van der Waals surface area (Å²) in [5.74, 6) is 0. The lowest BCUT2D eigenvalue weighted by atomic mass is 10.1. The van der Waals surface area contributed by atoms with Gasteiger partial charge in [-0.1, -0.05) is 36.4 Å². The van der Waals surface area contributed by atoms with Crippen molar-refractivity contribution in [2.75, 3.05) is 25.0 Å². The van der Waals surface area contributed by atoms with Gasteiger partial charge in [-0.3, -0.25) is 0 Å². The average Bonchev–Trinajstić information content (AvgIpc) is 2.47. The van der Waals surface area contributed by atoms with Gasteiger partial charge in [-0.25, -0.2) is 0 Å². The number of benzene rings is 2. The highest BCUT2D eigenvalue weighted by Gasteiger charge is 2.09. The molecule has 1 N–H and O–H groups in total. The highest BCUT2D eigenvalue weighted by atomic mass is 15.1. The van der Waals surface area contributed by atoms with Crippen LogP contribution in [-0.2, 0) is 0 Å². The van der Waals surface area contributed by atoms with Gasteiger partial charge in [-0.15, -0.1) is 0 Å². The summed E-state index contributed by atoms with van der Waals surface area (Å²) in [6.07, 6.45) is 1.16. The standard InChI is InChI=1S/C17H24N2/c1-4-19(13-12-14(2)18-3)17-11-7-9-15-8-5-6-10-16(15)17/h5-11,14,18H,4,12-13H2,1-3H3. The third-order valence-electron chi connectivity index (χ3n) is 3.81. The van der Waals surface area contributed by atoms with Crippen LogP contribution in [0.4, 0.5) is 5.69 Å². The van der Waals surface area contributed by atoms with Crippen LogP contribution in [0.5, 0.6) is 0 Å². The molecule has 0 amide bonds. The van der Waals surface area contributed by atoms with Crippen LogP contribution in [-0.4, -0.2) is 26.2 Å². The summed E-state index contributed by atoms with van der Waals surface area (Å²) < 4.78 is 0. The molecule has 0 heterocycles. The zero-order valence-corrected chi connectivity index (χ0v) is 12.2. The van der Waals surface area contributed by atoms with Gasteiger partial charge in [0.1, 0.15) is 0 Å². The number of rotatable bonds is 6. The predicted molar refractivity (Wildman–Crippen MR) is 85.0 cm³/mol. The minimum absolute atomic E-state index is 0.559. The molecule has 2 rings (SSSR count). The van der Waals surface area contributed by atoms with E-state index < -0.39 is 0 Å². The normalized spacial score (nSPS) is 12.6. The smallest absolute Gasteiger partial charge is 0.0445 e. The predicted octanol–water partition coefficient (Wildman–Crippen LogP) is 3.66. The van der Waals surface area contributed by atoms with Gasteiger partial charge in [-0.2, -0.15) is 0 Å². The van der Waals surface area contributed by atoms with Gasteiger partial charge in [0.2, 0.25) is 0 Å². The maximum absolute atomic E-state index is 3.31. The molecule has 2 aromatic carbocycles. The Kier molecular flexibility index (Phi) is 4.80. The van der Waals surface area contributed by atoms with E-state index in [0.29, 0.717) is 6.04 Å². The van der Waals surface area contributed by atoms with Crippen LogP contribution in [0.15, 0.2) is 42.5 Å². The maximum Gasteiger partial charge on any atom is 0.0445 e. The minimum atomic E-state index is 0.559. The molecule has 1 atom stereocenters. The molecular formula is C17H24N2. The fourth-order valence-electron chi connectivity index (χ4n) is 2.43. The van der Waals surface area contributed by atoms with Crippen molar-refractivity contribution in [2.45, 2.75) is 26.3 Å². The van der Waals surface area contributed by atoms with Gasteiger partial charge < -0.3 is 10.2 Å². The van der Waals surface area contributed by atoms with Gasteiger partial charge in [0.25, 0.3) is 0 Å². The van der Waals surface area contributed by atoms with Gasteiger partial charge in [0.05, 0.1) is 0 Å². The fourth-order valence-corrected chi connectivity index (χ4v) is 2.43. The Morgan fingerprint density at radius 3 is 2.58 bits per heavy atom. The zero-order chi connectivity index (χ0) is 13.7. The molecule has 1 unspecified atom stereocenters. The van der Waals surface area contributed by atoms with Crippen LogP contribution in [0, 0.1) is 0 Å². The molecule has 0 spiro atoms.